The van der Waals surface area contributed by atoms with Gasteiger partial charge in [0.1, 0.15) is 0 Å². The van der Waals surface area contributed by atoms with Crippen molar-refractivity contribution in [2.75, 3.05) is 6.61 Å². The molecule has 0 aromatic heterocycles. The van der Waals surface area contributed by atoms with Crippen molar-refractivity contribution < 1.29 is 14.3 Å². The summed E-state index contributed by atoms with van der Waals surface area (Å²) in [5, 5.41) is 4.10. The number of benzene rings is 1. The van der Waals surface area contributed by atoms with Crippen LogP contribution in [0.2, 0.25) is 5.02 Å². The molecule has 3 N–H and O–H groups in total. The molecule has 0 unspecified atom stereocenters. The molecule has 1 rings (SSSR count). The maximum Gasteiger partial charge on any atom is 0.308 e. The fourth-order valence-electron chi connectivity index (χ4n) is 1.34. The number of ether oxygens (including phenoxy) is 2. The van der Waals surface area contributed by atoms with Crippen molar-refractivity contribution in [3.63, 3.8) is 0 Å². The lowest BCUT2D eigenvalue weighted by molar-refractivity contribution is -0.132. The Labute approximate surface area is 126 Å². The normalized spacial score (nSPS) is 10.3. The van der Waals surface area contributed by atoms with Crippen molar-refractivity contribution >= 4 is 41.1 Å². The average Bonchev–Trinajstić information content (AvgIpc) is 2.33. The maximum atomic E-state index is 11.1. The van der Waals surface area contributed by atoms with E-state index in [4.69, 9.17) is 26.8 Å². The zero-order valence-corrected chi connectivity index (χ0v) is 12.5. The van der Waals surface area contributed by atoms with Gasteiger partial charge in [-0.15, -0.1) is 0 Å². The molecular formula is C12H14ClN3O3S. The van der Waals surface area contributed by atoms with Crippen LogP contribution in [0.15, 0.2) is 17.2 Å². The first kappa shape index (κ1) is 16.2. The highest BCUT2D eigenvalue weighted by molar-refractivity contribution is 7.80. The summed E-state index contributed by atoms with van der Waals surface area (Å²) in [7, 11) is 0. The van der Waals surface area contributed by atoms with Gasteiger partial charge in [0.05, 0.1) is 17.8 Å². The summed E-state index contributed by atoms with van der Waals surface area (Å²) in [6, 6.07) is 3.21. The maximum absolute atomic E-state index is 11.1. The molecule has 8 heteroatoms. The molecule has 0 spiro atoms. The Balaban J connectivity index is 3.08. The molecule has 0 saturated heterocycles. The lowest BCUT2D eigenvalue weighted by atomic mass is 10.2. The van der Waals surface area contributed by atoms with Gasteiger partial charge in [-0.1, -0.05) is 11.6 Å². The second kappa shape index (κ2) is 7.66. The molecular weight excluding hydrogens is 302 g/mol. The summed E-state index contributed by atoms with van der Waals surface area (Å²) in [4.78, 5) is 11.1. The van der Waals surface area contributed by atoms with E-state index in [0.29, 0.717) is 17.9 Å². The van der Waals surface area contributed by atoms with Crippen molar-refractivity contribution in [2.24, 2.45) is 10.8 Å². The molecule has 0 heterocycles. The lowest BCUT2D eigenvalue weighted by Gasteiger charge is -2.12. The average molecular weight is 316 g/mol. The molecule has 0 aliphatic heterocycles. The fourth-order valence-corrected chi connectivity index (χ4v) is 1.65. The summed E-state index contributed by atoms with van der Waals surface area (Å²) in [5.41, 5.74) is 8.30. The van der Waals surface area contributed by atoms with E-state index < -0.39 is 5.97 Å². The third-order valence-corrected chi connectivity index (χ3v) is 2.34. The summed E-state index contributed by atoms with van der Waals surface area (Å²) >= 11 is 10.7. The third-order valence-electron chi connectivity index (χ3n) is 1.97. The first-order chi connectivity index (χ1) is 9.43. The van der Waals surface area contributed by atoms with Gasteiger partial charge < -0.3 is 15.2 Å². The largest absolute Gasteiger partial charge is 0.490 e. The number of thiocarbonyl (C=S) groups is 1. The molecule has 0 fully saturated rings. The van der Waals surface area contributed by atoms with Gasteiger partial charge in [0.15, 0.2) is 16.6 Å². The molecule has 0 aliphatic carbocycles. The van der Waals surface area contributed by atoms with Gasteiger partial charge in [0.25, 0.3) is 0 Å². The fraction of sp³-hybridized carbons (Fsp3) is 0.250. The number of hydrogen-bond donors (Lipinski definition) is 2. The predicted octanol–water partition coefficient (Wildman–Crippen LogP) is 1.83. The Hall–Kier alpha value is -1.86. The first-order valence-corrected chi connectivity index (χ1v) is 6.46. The minimum Gasteiger partial charge on any atom is -0.490 e. The monoisotopic (exact) mass is 315 g/mol. The van der Waals surface area contributed by atoms with Crippen molar-refractivity contribution in [3.05, 3.63) is 22.7 Å². The number of carbonyl (C=O) groups is 1. The highest BCUT2D eigenvalue weighted by atomic mass is 35.5. The zero-order valence-electron chi connectivity index (χ0n) is 11.0. The van der Waals surface area contributed by atoms with Gasteiger partial charge >= 0.3 is 5.97 Å². The van der Waals surface area contributed by atoms with Crippen LogP contribution in [0.1, 0.15) is 19.4 Å². The first-order valence-electron chi connectivity index (χ1n) is 5.67. The Morgan fingerprint density at radius 2 is 2.30 bits per heavy atom. The van der Waals surface area contributed by atoms with Crippen molar-refractivity contribution in [2.45, 2.75) is 13.8 Å². The number of nitrogens with two attached hydrogens (primary N) is 1. The van der Waals surface area contributed by atoms with E-state index in [1.165, 1.54) is 13.1 Å². The second-order valence-electron chi connectivity index (χ2n) is 3.59. The van der Waals surface area contributed by atoms with Crippen molar-refractivity contribution in [1.82, 2.24) is 5.43 Å². The Kier molecular flexibility index (Phi) is 6.20. The van der Waals surface area contributed by atoms with E-state index in [1.807, 2.05) is 0 Å². The molecule has 20 heavy (non-hydrogen) atoms. The van der Waals surface area contributed by atoms with Crippen LogP contribution in [0.4, 0.5) is 0 Å². The molecule has 0 atom stereocenters. The molecule has 0 aliphatic rings. The van der Waals surface area contributed by atoms with Gasteiger partial charge in [0, 0.05) is 6.92 Å². The molecule has 108 valence electrons. The van der Waals surface area contributed by atoms with Crippen molar-refractivity contribution in [1.29, 1.82) is 0 Å². The number of esters is 1. The smallest absolute Gasteiger partial charge is 0.308 e. The lowest BCUT2D eigenvalue weighted by Crippen LogP contribution is -2.24. The van der Waals surface area contributed by atoms with Crippen LogP contribution in [0.3, 0.4) is 0 Å². The van der Waals surface area contributed by atoms with E-state index in [-0.39, 0.29) is 15.9 Å². The van der Waals surface area contributed by atoms with E-state index in [9.17, 15) is 4.79 Å². The minimum atomic E-state index is -0.482. The van der Waals surface area contributed by atoms with Crippen LogP contribution in [0.5, 0.6) is 11.5 Å². The van der Waals surface area contributed by atoms with E-state index >= 15 is 0 Å². The predicted molar refractivity (Wildman–Crippen MR) is 81.4 cm³/mol. The topological polar surface area (TPSA) is 85.9 Å². The van der Waals surface area contributed by atoms with E-state index in [1.54, 1.807) is 19.1 Å². The molecule has 1 aromatic carbocycles. The Bertz CT molecular complexity index is 549. The third kappa shape index (κ3) is 5.02. The molecule has 0 saturated carbocycles. The molecule has 0 radical (unpaired) electrons. The number of rotatable bonds is 5. The van der Waals surface area contributed by atoms with Gasteiger partial charge in [-0.3, -0.25) is 10.2 Å². The Morgan fingerprint density at radius 3 is 2.85 bits per heavy atom. The summed E-state index contributed by atoms with van der Waals surface area (Å²) < 4.78 is 10.4. The van der Waals surface area contributed by atoms with Crippen LogP contribution in [-0.2, 0) is 4.79 Å². The quantitative estimate of drug-likeness (QED) is 0.283. The second-order valence-corrected chi connectivity index (χ2v) is 4.44. The van der Waals surface area contributed by atoms with Crippen LogP contribution in [0, 0.1) is 0 Å². The van der Waals surface area contributed by atoms with Crippen LogP contribution < -0.4 is 20.6 Å². The highest BCUT2D eigenvalue weighted by Gasteiger charge is 2.14. The number of carbonyl (C=O) groups excluding carboxylic acids is 1. The van der Waals surface area contributed by atoms with Gasteiger partial charge in [-0.05, 0) is 36.8 Å². The SMILES string of the molecule is CCOc1cc(/C=N/NC(N)=S)cc(Cl)c1OC(C)=O. The van der Waals surface area contributed by atoms with Gasteiger partial charge in [-0.2, -0.15) is 5.10 Å². The van der Waals surface area contributed by atoms with Gasteiger partial charge in [-0.25, -0.2) is 0 Å². The molecule has 0 bridgehead atoms. The van der Waals surface area contributed by atoms with Crippen LogP contribution >= 0.6 is 23.8 Å². The molecule has 6 nitrogen and oxygen atoms in total. The standard InChI is InChI=1S/C12H14ClN3O3S/c1-3-18-10-5-8(6-15-16-12(14)20)4-9(13)11(10)19-7(2)17/h4-6H,3H2,1-2H3,(H3,14,16,20)/b15-6+. The summed E-state index contributed by atoms with van der Waals surface area (Å²) in [5.74, 6) is 0.0527. The highest BCUT2D eigenvalue weighted by Crippen LogP contribution is 2.36. The Morgan fingerprint density at radius 1 is 1.60 bits per heavy atom. The number of nitrogens with zero attached hydrogens (tertiary/aromatic N) is 1. The molecule has 1 aromatic rings. The summed E-state index contributed by atoms with van der Waals surface area (Å²) in [6.45, 7) is 3.49. The minimum absolute atomic E-state index is 0.0499. The van der Waals surface area contributed by atoms with Gasteiger partial charge in [0.2, 0.25) is 0 Å². The number of hydrazone groups is 1. The summed E-state index contributed by atoms with van der Waals surface area (Å²) in [6.07, 6.45) is 1.46. The van der Waals surface area contributed by atoms with Crippen molar-refractivity contribution in [3.8, 4) is 11.5 Å². The number of halogens is 1. The van der Waals surface area contributed by atoms with E-state index in [2.05, 4.69) is 22.7 Å². The van der Waals surface area contributed by atoms with E-state index in [0.717, 1.165) is 0 Å². The number of nitrogens with one attached hydrogen (secondary N) is 1. The zero-order chi connectivity index (χ0) is 15.1. The van der Waals surface area contributed by atoms with Crippen LogP contribution in [-0.4, -0.2) is 23.9 Å². The van der Waals surface area contributed by atoms with Crippen LogP contribution in [0.25, 0.3) is 0 Å². The number of hydrogen-bond acceptors (Lipinski definition) is 5. The molecule has 0 amide bonds.